The first-order chi connectivity index (χ1) is 27.0. The van der Waals surface area contributed by atoms with E-state index in [9.17, 15) is 0 Å². The Labute approximate surface area is 321 Å². The average Bonchev–Trinajstić information content (AvgIpc) is 3.50. The summed E-state index contributed by atoms with van der Waals surface area (Å²) in [5.41, 5.74) is 14.8. The molecule has 0 radical (unpaired) electrons. The molecule has 9 aromatic rings. The van der Waals surface area contributed by atoms with E-state index in [-0.39, 0.29) is 5.41 Å². The first kappa shape index (κ1) is 32.7. The molecule has 0 saturated heterocycles. The highest BCUT2D eigenvalue weighted by molar-refractivity contribution is 6.06. The van der Waals surface area contributed by atoms with Crippen LogP contribution in [0.25, 0.3) is 89.4 Å². The summed E-state index contributed by atoms with van der Waals surface area (Å²) in [6.07, 6.45) is 0. The van der Waals surface area contributed by atoms with E-state index < -0.39 is 0 Å². The Morgan fingerprint density at radius 1 is 0.327 bits per heavy atom. The maximum Gasteiger partial charge on any atom is 0.165 e. The summed E-state index contributed by atoms with van der Waals surface area (Å²) < 4.78 is 0. The van der Waals surface area contributed by atoms with E-state index in [0.717, 1.165) is 49.7 Å². The molecule has 8 aromatic carbocycles. The summed E-state index contributed by atoms with van der Waals surface area (Å²) in [6, 6.07) is 66.7. The van der Waals surface area contributed by atoms with Gasteiger partial charge in [-0.2, -0.15) is 0 Å². The van der Waals surface area contributed by atoms with E-state index in [1.54, 1.807) is 0 Å². The molecule has 0 atom stereocenters. The lowest BCUT2D eigenvalue weighted by Gasteiger charge is -2.22. The lowest BCUT2D eigenvalue weighted by atomic mass is 9.81. The van der Waals surface area contributed by atoms with Crippen LogP contribution in [0.4, 0.5) is 0 Å². The lowest BCUT2D eigenvalue weighted by molar-refractivity contribution is 0.660. The second-order valence-electron chi connectivity index (χ2n) is 14.8. The second-order valence-corrected chi connectivity index (χ2v) is 14.8. The van der Waals surface area contributed by atoms with E-state index in [2.05, 4.69) is 190 Å². The van der Waals surface area contributed by atoms with Crippen LogP contribution in [-0.2, 0) is 5.41 Å². The topological polar surface area (TPSA) is 38.7 Å². The van der Waals surface area contributed by atoms with Crippen LogP contribution in [0.2, 0.25) is 0 Å². The van der Waals surface area contributed by atoms with Crippen molar-refractivity contribution in [1.82, 2.24) is 15.0 Å². The molecule has 0 N–H and O–H groups in total. The molecule has 10 rings (SSSR count). The van der Waals surface area contributed by atoms with Crippen LogP contribution in [0.3, 0.4) is 0 Å². The zero-order chi connectivity index (χ0) is 36.9. The van der Waals surface area contributed by atoms with Crippen molar-refractivity contribution in [2.75, 3.05) is 0 Å². The first-order valence-electron chi connectivity index (χ1n) is 18.9. The van der Waals surface area contributed by atoms with Gasteiger partial charge >= 0.3 is 0 Å². The third-order valence-corrected chi connectivity index (χ3v) is 11.2. The summed E-state index contributed by atoms with van der Waals surface area (Å²) in [5, 5.41) is 2.24. The highest BCUT2D eigenvalue weighted by Crippen LogP contribution is 2.53. The Morgan fingerprint density at radius 2 is 0.836 bits per heavy atom. The number of aromatic nitrogens is 3. The molecule has 0 spiro atoms. The van der Waals surface area contributed by atoms with Crippen LogP contribution in [0, 0.1) is 0 Å². The highest BCUT2D eigenvalue weighted by Gasteiger charge is 2.37. The molecule has 1 aliphatic rings. The van der Waals surface area contributed by atoms with E-state index >= 15 is 0 Å². The van der Waals surface area contributed by atoms with Crippen molar-refractivity contribution in [3.05, 3.63) is 199 Å². The fraction of sp³-hybridized carbons (Fsp3) is 0.0577. The third-order valence-electron chi connectivity index (χ3n) is 11.2. The Balaban J connectivity index is 1.23. The Bertz CT molecular complexity index is 2870. The minimum absolute atomic E-state index is 0.123. The van der Waals surface area contributed by atoms with Crippen LogP contribution in [0.15, 0.2) is 188 Å². The molecule has 0 unspecified atom stereocenters. The van der Waals surface area contributed by atoms with Gasteiger partial charge in [0.2, 0.25) is 0 Å². The maximum absolute atomic E-state index is 5.38. The minimum atomic E-state index is -0.123. The standard InChI is InChI=1S/C52H37N3/c1-52(2)45-25-12-11-23-44(45)47-42(24-14-26-46(47)52)43-32-31-37-19-9-10-22-41(37)48(43)51-54-49(38-29-27-36(28-30-38)34-15-5-3-6-16-34)53-50(55-51)40-21-13-20-39(33-40)35-17-7-4-8-18-35/h3-33H,1-2H3. The smallest absolute Gasteiger partial charge is 0.165 e. The average molecular weight is 704 g/mol. The van der Waals surface area contributed by atoms with Crippen molar-refractivity contribution < 1.29 is 0 Å². The number of hydrogen-bond acceptors (Lipinski definition) is 3. The zero-order valence-corrected chi connectivity index (χ0v) is 30.7. The molecular weight excluding hydrogens is 667 g/mol. The van der Waals surface area contributed by atoms with Gasteiger partial charge in [-0.3, -0.25) is 0 Å². The number of hydrogen-bond donors (Lipinski definition) is 0. The molecule has 3 nitrogen and oxygen atoms in total. The SMILES string of the molecule is CC1(C)c2ccccc2-c2c(-c3ccc4ccccc4c3-c3nc(-c4ccc(-c5ccccc5)cc4)nc(-c4cccc(-c5ccccc5)c4)n3)cccc21. The fourth-order valence-electron chi connectivity index (χ4n) is 8.37. The molecule has 55 heavy (non-hydrogen) atoms. The van der Waals surface area contributed by atoms with E-state index in [0.29, 0.717) is 17.5 Å². The molecule has 3 heteroatoms. The molecule has 0 amide bonds. The Kier molecular flexibility index (Phi) is 7.81. The molecule has 0 saturated carbocycles. The van der Waals surface area contributed by atoms with Crippen molar-refractivity contribution in [2.24, 2.45) is 0 Å². The summed E-state index contributed by atoms with van der Waals surface area (Å²) in [5.74, 6) is 1.91. The molecule has 260 valence electrons. The summed E-state index contributed by atoms with van der Waals surface area (Å²) in [6.45, 7) is 4.67. The Hall–Kier alpha value is -6.97. The number of benzene rings is 8. The number of fused-ring (bicyclic) bond motifs is 4. The van der Waals surface area contributed by atoms with Crippen molar-refractivity contribution in [1.29, 1.82) is 0 Å². The van der Waals surface area contributed by atoms with Gasteiger partial charge in [-0.05, 0) is 72.5 Å². The van der Waals surface area contributed by atoms with Crippen molar-refractivity contribution in [3.63, 3.8) is 0 Å². The molecule has 1 heterocycles. The van der Waals surface area contributed by atoms with Crippen LogP contribution in [0.1, 0.15) is 25.0 Å². The largest absolute Gasteiger partial charge is 0.208 e. The van der Waals surface area contributed by atoms with Crippen LogP contribution in [-0.4, -0.2) is 15.0 Å². The number of rotatable bonds is 6. The monoisotopic (exact) mass is 703 g/mol. The van der Waals surface area contributed by atoms with Gasteiger partial charge in [-0.25, -0.2) is 15.0 Å². The third kappa shape index (κ3) is 5.64. The van der Waals surface area contributed by atoms with Crippen molar-refractivity contribution in [2.45, 2.75) is 19.3 Å². The summed E-state index contributed by atoms with van der Waals surface area (Å²) in [4.78, 5) is 15.9. The molecule has 1 aromatic heterocycles. The van der Waals surface area contributed by atoms with E-state index in [1.165, 1.54) is 33.4 Å². The molecule has 1 aliphatic carbocycles. The molecular formula is C52H37N3. The molecule has 0 aliphatic heterocycles. The van der Waals surface area contributed by atoms with Gasteiger partial charge in [-0.15, -0.1) is 0 Å². The Morgan fingerprint density at radius 3 is 1.62 bits per heavy atom. The normalized spacial score (nSPS) is 12.7. The van der Waals surface area contributed by atoms with Crippen LogP contribution in [0.5, 0.6) is 0 Å². The van der Waals surface area contributed by atoms with Gasteiger partial charge in [0.05, 0.1) is 0 Å². The summed E-state index contributed by atoms with van der Waals surface area (Å²) in [7, 11) is 0. The van der Waals surface area contributed by atoms with E-state index in [4.69, 9.17) is 15.0 Å². The molecule has 0 fully saturated rings. The fourth-order valence-corrected chi connectivity index (χ4v) is 8.37. The van der Waals surface area contributed by atoms with Crippen molar-refractivity contribution >= 4 is 10.8 Å². The van der Waals surface area contributed by atoms with Gasteiger partial charge < -0.3 is 0 Å². The quantitative estimate of drug-likeness (QED) is 0.173. The predicted octanol–water partition coefficient (Wildman–Crippen LogP) is 13.3. The minimum Gasteiger partial charge on any atom is -0.208 e. The van der Waals surface area contributed by atoms with Gasteiger partial charge in [0, 0.05) is 22.1 Å². The highest BCUT2D eigenvalue weighted by atomic mass is 15.0. The van der Waals surface area contributed by atoms with Crippen molar-refractivity contribution in [3.8, 4) is 78.7 Å². The lowest BCUT2D eigenvalue weighted by Crippen LogP contribution is -2.14. The zero-order valence-electron chi connectivity index (χ0n) is 30.7. The molecule has 0 bridgehead atoms. The predicted molar refractivity (Wildman–Crippen MR) is 228 cm³/mol. The second kappa shape index (κ2) is 13.2. The van der Waals surface area contributed by atoms with Gasteiger partial charge in [0.15, 0.2) is 17.5 Å². The van der Waals surface area contributed by atoms with Crippen LogP contribution >= 0.6 is 0 Å². The number of nitrogens with zero attached hydrogens (tertiary/aromatic N) is 3. The van der Waals surface area contributed by atoms with Crippen LogP contribution < -0.4 is 0 Å². The van der Waals surface area contributed by atoms with Gasteiger partial charge in [0.1, 0.15) is 0 Å². The van der Waals surface area contributed by atoms with Gasteiger partial charge in [-0.1, -0.05) is 196 Å². The van der Waals surface area contributed by atoms with Gasteiger partial charge in [0.25, 0.3) is 0 Å². The summed E-state index contributed by atoms with van der Waals surface area (Å²) >= 11 is 0. The van der Waals surface area contributed by atoms with E-state index in [1.807, 2.05) is 12.1 Å². The first-order valence-corrected chi connectivity index (χ1v) is 18.9. The maximum atomic E-state index is 5.38.